The van der Waals surface area contributed by atoms with Gasteiger partial charge in [0, 0.05) is 0 Å². The van der Waals surface area contributed by atoms with Gasteiger partial charge in [-0.1, -0.05) is 24.3 Å². The number of rotatable bonds is 5. The van der Waals surface area contributed by atoms with Gasteiger partial charge in [-0.25, -0.2) is 5.84 Å². The van der Waals surface area contributed by atoms with Crippen LogP contribution in [0.3, 0.4) is 0 Å². The van der Waals surface area contributed by atoms with Crippen LogP contribution in [-0.4, -0.2) is 22.1 Å². The number of methoxy groups -OCH3 is 1. The molecule has 1 aromatic heterocycles. The zero-order chi connectivity index (χ0) is 14.5. The number of hydrogen-bond acceptors (Lipinski definition) is 7. The topological polar surface area (TPSA) is 98.0 Å². The Kier molecular flexibility index (Phi) is 4.31. The third kappa shape index (κ3) is 3.12. The van der Waals surface area contributed by atoms with Crippen molar-refractivity contribution in [2.75, 3.05) is 17.9 Å². The number of ether oxygens (including phenoxy) is 1. The van der Waals surface area contributed by atoms with Gasteiger partial charge in [-0.2, -0.15) is 15.0 Å². The summed E-state index contributed by atoms with van der Waals surface area (Å²) in [6, 6.07) is 8.39. The van der Waals surface area contributed by atoms with Gasteiger partial charge in [0.2, 0.25) is 11.9 Å². The fourth-order valence-corrected chi connectivity index (χ4v) is 1.92. The number of nitrogens with two attached hydrogens (primary N) is 1. The van der Waals surface area contributed by atoms with Crippen LogP contribution in [-0.2, 0) is 0 Å². The molecule has 106 valence electrons. The van der Waals surface area contributed by atoms with E-state index in [2.05, 4.69) is 44.8 Å². The van der Waals surface area contributed by atoms with Crippen LogP contribution in [0.25, 0.3) is 0 Å². The van der Waals surface area contributed by atoms with E-state index in [1.54, 1.807) is 0 Å². The molecule has 0 aliphatic heterocycles. The molecule has 0 saturated heterocycles. The van der Waals surface area contributed by atoms with Crippen LogP contribution in [0.15, 0.2) is 24.3 Å². The highest BCUT2D eigenvalue weighted by molar-refractivity contribution is 5.39. The van der Waals surface area contributed by atoms with E-state index in [1.165, 1.54) is 18.2 Å². The van der Waals surface area contributed by atoms with E-state index < -0.39 is 0 Å². The summed E-state index contributed by atoms with van der Waals surface area (Å²) in [4.78, 5) is 12.2. The predicted octanol–water partition coefficient (Wildman–Crippen LogP) is 1.65. The lowest BCUT2D eigenvalue weighted by Crippen LogP contribution is -2.16. The predicted molar refractivity (Wildman–Crippen MR) is 77.4 cm³/mol. The van der Waals surface area contributed by atoms with Gasteiger partial charge in [0.05, 0.1) is 13.2 Å². The van der Waals surface area contributed by atoms with E-state index >= 15 is 0 Å². The van der Waals surface area contributed by atoms with Gasteiger partial charge < -0.3 is 10.1 Å². The summed E-state index contributed by atoms with van der Waals surface area (Å²) in [5.74, 6) is 5.97. The number of benzene rings is 1. The van der Waals surface area contributed by atoms with Crippen molar-refractivity contribution in [2.45, 2.75) is 19.9 Å². The van der Waals surface area contributed by atoms with Crippen LogP contribution in [0.5, 0.6) is 6.01 Å². The maximum Gasteiger partial charge on any atom is 0.322 e. The zero-order valence-corrected chi connectivity index (χ0v) is 11.7. The molecule has 1 unspecified atom stereocenters. The number of anilines is 2. The Labute approximate surface area is 117 Å². The van der Waals surface area contributed by atoms with Crippen LogP contribution in [0.4, 0.5) is 11.9 Å². The van der Waals surface area contributed by atoms with Crippen molar-refractivity contribution in [1.29, 1.82) is 0 Å². The number of nitrogen functional groups attached to an aromatic ring is 1. The van der Waals surface area contributed by atoms with Crippen LogP contribution >= 0.6 is 0 Å². The molecule has 0 fully saturated rings. The van der Waals surface area contributed by atoms with Crippen molar-refractivity contribution in [3.8, 4) is 6.01 Å². The standard InChI is InChI=1S/C13H18N6O/c1-8-6-4-5-7-10(8)9(2)15-11-16-12(19-14)18-13(17-11)20-3/h4-7,9H,14H2,1-3H3,(H2,15,16,17,18,19). The van der Waals surface area contributed by atoms with Crippen molar-refractivity contribution in [2.24, 2.45) is 5.84 Å². The molecule has 1 heterocycles. The lowest BCUT2D eigenvalue weighted by atomic mass is 10.0. The summed E-state index contributed by atoms with van der Waals surface area (Å²) in [5.41, 5.74) is 4.76. The number of aromatic nitrogens is 3. The van der Waals surface area contributed by atoms with E-state index in [-0.39, 0.29) is 18.0 Å². The average molecular weight is 274 g/mol. The summed E-state index contributed by atoms with van der Waals surface area (Å²) in [7, 11) is 1.49. The molecule has 0 radical (unpaired) electrons. The minimum atomic E-state index is 0.0499. The molecule has 1 atom stereocenters. The van der Waals surface area contributed by atoms with Gasteiger partial charge in [-0.3, -0.25) is 5.43 Å². The summed E-state index contributed by atoms with van der Waals surface area (Å²) < 4.78 is 5.01. The molecule has 0 aliphatic rings. The number of hydrogen-bond donors (Lipinski definition) is 3. The van der Waals surface area contributed by atoms with Crippen LogP contribution in [0.1, 0.15) is 24.1 Å². The van der Waals surface area contributed by atoms with Gasteiger partial charge in [-0.05, 0) is 25.0 Å². The average Bonchev–Trinajstić information content (AvgIpc) is 2.47. The van der Waals surface area contributed by atoms with E-state index in [1.807, 2.05) is 19.1 Å². The monoisotopic (exact) mass is 274 g/mol. The molecule has 20 heavy (non-hydrogen) atoms. The number of nitrogens with one attached hydrogen (secondary N) is 2. The van der Waals surface area contributed by atoms with E-state index in [0.29, 0.717) is 5.95 Å². The SMILES string of the molecule is COc1nc(NN)nc(NC(C)c2ccccc2C)n1. The van der Waals surface area contributed by atoms with Crippen molar-refractivity contribution in [3.63, 3.8) is 0 Å². The first-order valence-corrected chi connectivity index (χ1v) is 6.22. The minimum Gasteiger partial charge on any atom is -0.467 e. The Balaban J connectivity index is 2.23. The Morgan fingerprint density at radius 1 is 1.15 bits per heavy atom. The highest BCUT2D eigenvalue weighted by atomic mass is 16.5. The molecule has 4 N–H and O–H groups in total. The maximum absolute atomic E-state index is 5.32. The fourth-order valence-electron chi connectivity index (χ4n) is 1.92. The smallest absolute Gasteiger partial charge is 0.322 e. The van der Waals surface area contributed by atoms with Crippen LogP contribution in [0, 0.1) is 6.92 Å². The summed E-state index contributed by atoms with van der Waals surface area (Å²) in [5, 5.41) is 3.21. The second-order valence-corrected chi connectivity index (χ2v) is 4.34. The Morgan fingerprint density at radius 3 is 2.50 bits per heavy atom. The largest absolute Gasteiger partial charge is 0.467 e. The van der Waals surface area contributed by atoms with Crippen molar-refractivity contribution < 1.29 is 4.74 Å². The molecule has 7 nitrogen and oxygen atoms in total. The minimum absolute atomic E-state index is 0.0499. The summed E-state index contributed by atoms with van der Waals surface area (Å²) >= 11 is 0. The van der Waals surface area contributed by atoms with Gasteiger partial charge in [0.1, 0.15) is 0 Å². The quantitative estimate of drug-likeness (QED) is 0.563. The first-order valence-electron chi connectivity index (χ1n) is 6.22. The third-order valence-electron chi connectivity index (χ3n) is 2.93. The Bertz CT molecular complexity index is 567. The second kappa shape index (κ2) is 6.16. The van der Waals surface area contributed by atoms with Gasteiger partial charge in [-0.15, -0.1) is 0 Å². The number of nitrogens with zero attached hydrogens (tertiary/aromatic N) is 3. The molecule has 2 aromatic rings. The molecule has 7 heteroatoms. The number of aryl methyl sites for hydroxylation is 1. The highest BCUT2D eigenvalue weighted by Gasteiger charge is 2.11. The molecule has 0 aliphatic carbocycles. The van der Waals surface area contributed by atoms with E-state index in [9.17, 15) is 0 Å². The summed E-state index contributed by atoms with van der Waals surface area (Å²) in [6.07, 6.45) is 0. The first-order chi connectivity index (χ1) is 9.63. The summed E-state index contributed by atoms with van der Waals surface area (Å²) in [6.45, 7) is 4.10. The number of hydrazine groups is 1. The van der Waals surface area contributed by atoms with E-state index in [4.69, 9.17) is 10.6 Å². The molecular weight excluding hydrogens is 256 g/mol. The lowest BCUT2D eigenvalue weighted by molar-refractivity contribution is 0.379. The molecule has 0 saturated carbocycles. The van der Waals surface area contributed by atoms with Crippen molar-refractivity contribution in [3.05, 3.63) is 35.4 Å². The molecular formula is C13H18N6O. The van der Waals surface area contributed by atoms with Crippen LogP contribution < -0.4 is 21.3 Å². The molecule has 0 bridgehead atoms. The second-order valence-electron chi connectivity index (χ2n) is 4.34. The highest BCUT2D eigenvalue weighted by Crippen LogP contribution is 2.21. The Hall–Kier alpha value is -2.41. The molecule has 0 spiro atoms. The van der Waals surface area contributed by atoms with Crippen molar-refractivity contribution in [1.82, 2.24) is 15.0 Å². The lowest BCUT2D eigenvalue weighted by Gasteiger charge is -2.16. The van der Waals surface area contributed by atoms with Gasteiger partial charge in [0.25, 0.3) is 0 Å². The zero-order valence-electron chi connectivity index (χ0n) is 11.7. The fraction of sp³-hybridized carbons (Fsp3) is 0.308. The van der Waals surface area contributed by atoms with Crippen molar-refractivity contribution >= 4 is 11.9 Å². The van der Waals surface area contributed by atoms with E-state index in [0.717, 1.165) is 0 Å². The third-order valence-corrected chi connectivity index (χ3v) is 2.93. The molecule has 1 aromatic carbocycles. The normalized spacial score (nSPS) is 11.8. The molecule has 0 amide bonds. The maximum atomic E-state index is 5.32. The van der Waals surface area contributed by atoms with Crippen LogP contribution in [0.2, 0.25) is 0 Å². The molecule has 2 rings (SSSR count). The van der Waals surface area contributed by atoms with Gasteiger partial charge in [0.15, 0.2) is 0 Å². The van der Waals surface area contributed by atoms with Gasteiger partial charge >= 0.3 is 6.01 Å². The first kappa shape index (κ1) is 14.0. The Morgan fingerprint density at radius 2 is 1.85 bits per heavy atom.